The lowest BCUT2D eigenvalue weighted by Crippen LogP contribution is -2.50. The molecule has 0 aliphatic carbocycles. The molecule has 10 heteroatoms. The number of hydrogen-bond acceptors (Lipinski definition) is 8. The monoisotopic (exact) mass is 623 g/mol. The van der Waals surface area contributed by atoms with Crippen LogP contribution in [0.5, 0.6) is 0 Å². The van der Waals surface area contributed by atoms with Gasteiger partial charge in [-0.15, -0.1) is 0 Å². The second-order valence-corrected chi connectivity index (χ2v) is 12.5. The molecule has 0 saturated carbocycles. The fraction of sp³-hybridized carbons (Fsp3) is 0.600. The van der Waals surface area contributed by atoms with Crippen molar-refractivity contribution in [3.63, 3.8) is 0 Å². The van der Waals surface area contributed by atoms with E-state index in [1.165, 1.54) is 6.92 Å². The molecule has 0 radical (unpaired) electrons. The Morgan fingerprint density at radius 2 is 1.56 bits per heavy atom. The van der Waals surface area contributed by atoms with Gasteiger partial charge in [-0.05, 0) is 29.5 Å². The van der Waals surface area contributed by atoms with Crippen LogP contribution in [0.4, 0.5) is 0 Å². The lowest BCUT2D eigenvalue weighted by Gasteiger charge is -2.44. The number of amides is 2. The molecule has 3 fully saturated rings. The van der Waals surface area contributed by atoms with Crippen molar-refractivity contribution in [2.45, 2.75) is 89.8 Å². The number of ether oxygens (including phenoxy) is 4. The summed E-state index contributed by atoms with van der Waals surface area (Å²) in [7, 11) is 0. The van der Waals surface area contributed by atoms with E-state index in [-0.39, 0.29) is 36.5 Å². The van der Waals surface area contributed by atoms with Gasteiger partial charge in [-0.3, -0.25) is 9.59 Å². The predicted molar refractivity (Wildman–Crippen MR) is 169 cm³/mol. The average molecular weight is 624 g/mol. The van der Waals surface area contributed by atoms with Gasteiger partial charge in [0.15, 0.2) is 12.1 Å². The van der Waals surface area contributed by atoms with Crippen LogP contribution in [0.2, 0.25) is 0 Å². The minimum absolute atomic E-state index is 0.00629. The second kappa shape index (κ2) is 16.1. The molecule has 10 nitrogen and oxygen atoms in total. The molecular formula is C35H49N3O7. The number of hydrogen-bond donors (Lipinski definition) is 3. The maximum absolute atomic E-state index is 12.3. The molecule has 2 aromatic carbocycles. The van der Waals surface area contributed by atoms with Gasteiger partial charge in [-0.2, -0.15) is 0 Å². The van der Waals surface area contributed by atoms with Crippen LogP contribution in [0, 0.1) is 5.92 Å². The maximum Gasteiger partial charge on any atom is 0.220 e. The summed E-state index contributed by atoms with van der Waals surface area (Å²) in [6.07, 6.45) is 4.00. The van der Waals surface area contributed by atoms with E-state index in [4.69, 9.17) is 18.9 Å². The quantitative estimate of drug-likeness (QED) is 0.285. The van der Waals surface area contributed by atoms with E-state index in [0.29, 0.717) is 32.7 Å². The summed E-state index contributed by atoms with van der Waals surface area (Å²) in [5, 5.41) is 15.3. The molecule has 2 aromatic rings. The Hall–Kier alpha value is -2.86. The minimum atomic E-state index is -0.535. The highest BCUT2D eigenvalue weighted by molar-refractivity contribution is 5.75. The molecule has 0 aromatic heterocycles. The first-order valence-corrected chi connectivity index (χ1v) is 16.4. The second-order valence-electron chi connectivity index (χ2n) is 12.5. The topological polar surface area (TPSA) is 119 Å². The van der Waals surface area contributed by atoms with E-state index < -0.39 is 12.1 Å². The zero-order valence-electron chi connectivity index (χ0n) is 26.7. The van der Waals surface area contributed by atoms with Crippen molar-refractivity contribution in [2.24, 2.45) is 5.92 Å². The molecule has 3 aliphatic heterocycles. The van der Waals surface area contributed by atoms with Crippen molar-refractivity contribution in [1.82, 2.24) is 15.5 Å². The van der Waals surface area contributed by atoms with Gasteiger partial charge < -0.3 is 39.6 Å². The highest BCUT2D eigenvalue weighted by Crippen LogP contribution is 2.42. The van der Waals surface area contributed by atoms with Crippen molar-refractivity contribution >= 4 is 11.8 Å². The molecule has 3 saturated heterocycles. The molecule has 1 spiro atoms. The molecular weight excluding hydrogens is 574 g/mol. The SMILES string of the molecule is CC(=O)NCCCCCC(=O)NCc1ccc([C@@H]2O[C@H](CN3CCC4(CC3)OCCO4)[C@H](C)[C@H](c3ccc(CO)cc3)O2)cc1. The maximum atomic E-state index is 12.3. The zero-order chi connectivity index (χ0) is 31.6. The van der Waals surface area contributed by atoms with Crippen molar-refractivity contribution in [3.05, 3.63) is 70.8 Å². The van der Waals surface area contributed by atoms with Crippen LogP contribution in [0.3, 0.4) is 0 Å². The van der Waals surface area contributed by atoms with Gasteiger partial charge in [0.25, 0.3) is 0 Å². The van der Waals surface area contributed by atoms with Crippen LogP contribution in [0.25, 0.3) is 0 Å². The number of nitrogens with zero attached hydrogens (tertiary/aromatic N) is 1. The van der Waals surface area contributed by atoms with Gasteiger partial charge in [0, 0.05) is 70.4 Å². The molecule has 5 rings (SSSR count). The van der Waals surface area contributed by atoms with Gasteiger partial charge in [-0.1, -0.05) is 61.9 Å². The molecule has 3 N–H and O–H groups in total. The Balaban J connectivity index is 1.18. The summed E-state index contributed by atoms with van der Waals surface area (Å²) >= 11 is 0. The standard InChI is InChI=1S/C35H49N3O7/c1-25-31(23-38-18-15-35(16-19-38)42-20-21-43-35)44-34(45-33(25)29-11-9-28(24-39)10-12-29)30-13-7-27(8-14-30)22-37-32(41)6-4-3-5-17-36-26(2)40/h7-14,25,31,33-34,39H,3-6,15-24H2,1-2H3,(H,36,40)(H,37,41)/t25-,31+,33+,34+/m0/s1. The molecule has 0 bridgehead atoms. The summed E-state index contributed by atoms with van der Waals surface area (Å²) < 4.78 is 25.2. The van der Waals surface area contributed by atoms with E-state index in [1.807, 2.05) is 48.5 Å². The molecule has 2 amide bonds. The predicted octanol–water partition coefficient (Wildman–Crippen LogP) is 4.12. The average Bonchev–Trinajstić information content (AvgIpc) is 3.52. The first-order chi connectivity index (χ1) is 21.8. The zero-order valence-corrected chi connectivity index (χ0v) is 26.7. The Labute approximate surface area is 266 Å². The number of nitrogens with one attached hydrogen (secondary N) is 2. The van der Waals surface area contributed by atoms with Crippen molar-refractivity contribution in [1.29, 1.82) is 0 Å². The Bertz CT molecular complexity index is 1220. The van der Waals surface area contributed by atoms with Crippen molar-refractivity contribution in [3.8, 4) is 0 Å². The highest BCUT2D eigenvalue weighted by atomic mass is 16.7. The number of unbranched alkanes of at least 4 members (excludes halogenated alkanes) is 2. The fourth-order valence-electron chi connectivity index (χ4n) is 6.38. The number of aliphatic hydroxyl groups is 1. The van der Waals surface area contributed by atoms with E-state index in [0.717, 1.165) is 74.0 Å². The third-order valence-electron chi connectivity index (χ3n) is 9.19. The molecule has 4 atom stereocenters. The van der Waals surface area contributed by atoms with Crippen LogP contribution in [0.1, 0.15) is 87.0 Å². The van der Waals surface area contributed by atoms with Gasteiger partial charge in [0.2, 0.25) is 11.8 Å². The Kier molecular flexibility index (Phi) is 12.0. The summed E-state index contributed by atoms with van der Waals surface area (Å²) in [6.45, 7) is 8.74. The molecule has 3 heterocycles. The van der Waals surface area contributed by atoms with E-state index in [2.05, 4.69) is 22.5 Å². The van der Waals surface area contributed by atoms with Crippen LogP contribution >= 0.6 is 0 Å². The minimum Gasteiger partial charge on any atom is -0.392 e. The molecule has 45 heavy (non-hydrogen) atoms. The number of carbonyl (C=O) groups is 2. The largest absolute Gasteiger partial charge is 0.392 e. The Morgan fingerprint density at radius 1 is 0.889 bits per heavy atom. The van der Waals surface area contributed by atoms with Crippen LogP contribution in [0.15, 0.2) is 48.5 Å². The normalized spacial score (nSPS) is 24.9. The summed E-state index contributed by atoms with van der Waals surface area (Å²) in [4.78, 5) is 25.7. The first-order valence-electron chi connectivity index (χ1n) is 16.4. The number of benzene rings is 2. The van der Waals surface area contributed by atoms with Gasteiger partial charge in [-0.25, -0.2) is 0 Å². The molecule has 0 unspecified atom stereocenters. The number of aliphatic hydroxyl groups excluding tert-OH is 1. The van der Waals surface area contributed by atoms with Crippen LogP contribution in [-0.2, 0) is 41.7 Å². The summed E-state index contributed by atoms with van der Waals surface area (Å²) in [5.41, 5.74) is 3.88. The lowest BCUT2D eigenvalue weighted by atomic mass is 9.89. The fourth-order valence-corrected chi connectivity index (χ4v) is 6.38. The van der Waals surface area contributed by atoms with Crippen LogP contribution in [-0.4, -0.2) is 73.1 Å². The smallest absolute Gasteiger partial charge is 0.220 e. The molecule has 3 aliphatic rings. The number of carbonyl (C=O) groups excluding carboxylic acids is 2. The molecule has 246 valence electrons. The third-order valence-corrected chi connectivity index (χ3v) is 9.19. The first kappa shape index (κ1) is 33.5. The van der Waals surface area contributed by atoms with Crippen LogP contribution < -0.4 is 10.6 Å². The van der Waals surface area contributed by atoms with Gasteiger partial charge in [0.1, 0.15) is 0 Å². The van der Waals surface area contributed by atoms with E-state index in [1.54, 1.807) is 0 Å². The lowest BCUT2D eigenvalue weighted by molar-refractivity contribution is -0.278. The van der Waals surface area contributed by atoms with Gasteiger partial charge in [0.05, 0.1) is 32.0 Å². The Morgan fingerprint density at radius 3 is 2.22 bits per heavy atom. The van der Waals surface area contributed by atoms with Crippen molar-refractivity contribution in [2.75, 3.05) is 39.4 Å². The summed E-state index contributed by atoms with van der Waals surface area (Å²) in [6, 6.07) is 16.1. The van der Waals surface area contributed by atoms with E-state index in [9.17, 15) is 14.7 Å². The number of rotatable bonds is 13. The summed E-state index contributed by atoms with van der Waals surface area (Å²) in [5.74, 6) is -0.298. The van der Waals surface area contributed by atoms with Gasteiger partial charge >= 0.3 is 0 Å². The number of likely N-dealkylation sites (tertiary alicyclic amines) is 1. The van der Waals surface area contributed by atoms with E-state index >= 15 is 0 Å². The highest BCUT2D eigenvalue weighted by Gasteiger charge is 2.43. The van der Waals surface area contributed by atoms with Crippen molar-refractivity contribution < 1.29 is 33.6 Å². The third kappa shape index (κ3) is 9.34. The number of piperidine rings is 1.